The third-order valence-corrected chi connectivity index (χ3v) is 7.01. The summed E-state index contributed by atoms with van der Waals surface area (Å²) in [6, 6.07) is 4.32. The fourth-order valence-electron chi connectivity index (χ4n) is 3.80. The van der Waals surface area contributed by atoms with E-state index < -0.39 is 43.4 Å². The summed E-state index contributed by atoms with van der Waals surface area (Å²) in [7, 11) is -4.15. The number of alkyl halides is 3. The molecule has 1 aromatic rings. The molecule has 24 heavy (non-hydrogen) atoms. The van der Waals surface area contributed by atoms with Crippen LogP contribution in [-0.4, -0.2) is 32.7 Å². The smallest absolute Gasteiger partial charge is 0.347 e. The number of rotatable bonds is 3. The third-order valence-electron chi connectivity index (χ3n) is 4.79. The molecular weight excluding hydrogens is 345 g/mol. The first kappa shape index (κ1) is 17.7. The van der Waals surface area contributed by atoms with Crippen LogP contribution in [0.3, 0.4) is 0 Å². The van der Waals surface area contributed by atoms with Gasteiger partial charge in [-0.3, -0.25) is 0 Å². The molecular formula is C16H19F3O4S. The van der Waals surface area contributed by atoms with E-state index in [4.69, 9.17) is 9.47 Å². The van der Waals surface area contributed by atoms with Crippen molar-refractivity contribution < 1.29 is 31.1 Å². The van der Waals surface area contributed by atoms with Crippen LogP contribution < -0.4 is 0 Å². The second-order valence-electron chi connectivity index (χ2n) is 6.56. The van der Waals surface area contributed by atoms with Gasteiger partial charge in [0.2, 0.25) is 0 Å². The molecule has 2 unspecified atom stereocenters. The van der Waals surface area contributed by atoms with Crippen molar-refractivity contribution >= 4 is 9.84 Å². The van der Waals surface area contributed by atoms with Crippen LogP contribution in [0.1, 0.15) is 25.8 Å². The Bertz CT molecular complexity index is 721. The van der Waals surface area contributed by atoms with E-state index in [-0.39, 0.29) is 12.3 Å². The van der Waals surface area contributed by atoms with Crippen LogP contribution in [0.5, 0.6) is 0 Å². The van der Waals surface area contributed by atoms with Crippen molar-refractivity contribution in [3.05, 3.63) is 29.8 Å². The van der Waals surface area contributed by atoms with Crippen LogP contribution in [0, 0.1) is 11.8 Å². The molecule has 1 saturated carbocycles. The van der Waals surface area contributed by atoms with Crippen molar-refractivity contribution in [3.63, 3.8) is 0 Å². The van der Waals surface area contributed by atoms with Crippen molar-refractivity contribution in [2.75, 3.05) is 13.2 Å². The molecule has 2 aliphatic rings. The normalized spacial score (nSPS) is 26.8. The highest BCUT2D eigenvalue weighted by Crippen LogP contribution is 2.53. The predicted molar refractivity (Wildman–Crippen MR) is 80.0 cm³/mol. The highest BCUT2D eigenvalue weighted by Gasteiger charge is 2.64. The first-order chi connectivity index (χ1) is 11.1. The quantitative estimate of drug-likeness (QED) is 0.826. The molecule has 0 bridgehead atoms. The van der Waals surface area contributed by atoms with Crippen molar-refractivity contribution in [1.82, 2.24) is 0 Å². The third kappa shape index (κ3) is 2.64. The Morgan fingerprint density at radius 3 is 2.29 bits per heavy atom. The molecule has 0 N–H and O–H groups in total. The lowest BCUT2D eigenvalue weighted by Crippen LogP contribution is -2.62. The number of hydrogen-bond donors (Lipinski definition) is 0. The molecule has 2 fully saturated rings. The highest BCUT2D eigenvalue weighted by atomic mass is 32.2. The van der Waals surface area contributed by atoms with Crippen molar-refractivity contribution in [2.24, 2.45) is 11.8 Å². The van der Waals surface area contributed by atoms with E-state index in [0.717, 1.165) is 12.1 Å². The van der Waals surface area contributed by atoms with Gasteiger partial charge in [-0.15, -0.1) is 0 Å². The molecule has 2 atom stereocenters. The first-order valence-electron chi connectivity index (χ1n) is 7.77. The maximum atomic E-state index is 13.2. The Kier molecular flexibility index (Phi) is 4.21. The molecule has 3 rings (SSSR count). The van der Waals surface area contributed by atoms with Gasteiger partial charge in [-0.05, 0) is 18.1 Å². The minimum Gasteiger partial charge on any atom is -0.347 e. The maximum Gasteiger partial charge on any atom is 0.417 e. The fourth-order valence-corrected chi connectivity index (χ4v) is 6.24. The zero-order chi connectivity index (χ0) is 17.8. The standard InChI is InChI=1S/C16H19F3O4S/c1-10(2)14-13(9-15(14)22-7-8-23-15)24(20,21)12-6-4-3-5-11(12)16(17,18)19/h3-6,10,13-14H,7-9H2,1-2H3. The van der Waals surface area contributed by atoms with Crippen LogP contribution in [-0.2, 0) is 25.5 Å². The summed E-state index contributed by atoms with van der Waals surface area (Å²) in [5.41, 5.74) is -1.12. The van der Waals surface area contributed by atoms with E-state index in [2.05, 4.69) is 0 Å². The summed E-state index contributed by atoms with van der Waals surface area (Å²) < 4.78 is 76.7. The second-order valence-corrected chi connectivity index (χ2v) is 8.70. The number of halogens is 3. The summed E-state index contributed by atoms with van der Waals surface area (Å²) >= 11 is 0. The van der Waals surface area contributed by atoms with Gasteiger partial charge in [0.05, 0.1) is 28.9 Å². The van der Waals surface area contributed by atoms with Crippen LogP contribution in [0.15, 0.2) is 29.2 Å². The summed E-state index contributed by atoms with van der Waals surface area (Å²) in [5, 5.41) is -0.945. The minimum atomic E-state index is -4.72. The zero-order valence-corrected chi connectivity index (χ0v) is 14.2. The Morgan fingerprint density at radius 1 is 1.17 bits per heavy atom. The predicted octanol–water partition coefficient (Wildman–Crippen LogP) is 3.27. The molecule has 1 heterocycles. The minimum absolute atomic E-state index is 0.0599. The van der Waals surface area contributed by atoms with E-state index >= 15 is 0 Å². The molecule has 8 heteroatoms. The summed E-state index contributed by atoms with van der Waals surface area (Å²) in [6.07, 6.45) is -4.66. The average molecular weight is 364 g/mol. The molecule has 134 valence electrons. The van der Waals surface area contributed by atoms with Gasteiger partial charge in [0.15, 0.2) is 15.6 Å². The van der Waals surface area contributed by atoms with E-state index in [0.29, 0.717) is 13.2 Å². The molecule has 1 aromatic carbocycles. The first-order valence-corrected chi connectivity index (χ1v) is 9.32. The highest BCUT2D eigenvalue weighted by molar-refractivity contribution is 7.92. The average Bonchev–Trinajstić information content (AvgIpc) is 2.94. The molecule has 1 aliphatic heterocycles. The number of ether oxygens (including phenoxy) is 2. The van der Waals surface area contributed by atoms with E-state index in [1.165, 1.54) is 12.1 Å². The SMILES string of the molecule is CC(C)C1C(S(=O)(=O)c2ccccc2C(F)(F)F)CC12OCCO2. The van der Waals surface area contributed by atoms with Gasteiger partial charge in [0.25, 0.3) is 0 Å². The second kappa shape index (κ2) is 5.71. The van der Waals surface area contributed by atoms with Gasteiger partial charge < -0.3 is 9.47 Å². The van der Waals surface area contributed by atoms with Crippen molar-refractivity contribution in [2.45, 2.75) is 42.4 Å². The van der Waals surface area contributed by atoms with Crippen molar-refractivity contribution in [1.29, 1.82) is 0 Å². The fraction of sp³-hybridized carbons (Fsp3) is 0.625. The lowest BCUT2D eigenvalue weighted by atomic mass is 9.71. The number of sulfone groups is 1. The van der Waals surface area contributed by atoms with E-state index in [1.54, 1.807) is 0 Å². The lowest BCUT2D eigenvalue weighted by Gasteiger charge is -2.52. The van der Waals surface area contributed by atoms with Crippen molar-refractivity contribution in [3.8, 4) is 0 Å². The molecule has 1 spiro atoms. The molecule has 1 aliphatic carbocycles. The Balaban J connectivity index is 2.01. The molecule has 4 nitrogen and oxygen atoms in total. The van der Waals surface area contributed by atoms with Gasteiger partial charge in [0.1, 0.15) is 0 Å². The molecule has 1 saturated heterocycles. The van der Waals surface area contributed by atoms with Gasteiger partial charge in [0, 0.05) is 12.3 Å². The van der Waals surface area contributed by atoms with Gasteiger partial charge >= 0.3 is 6.18 Å². The van der Waals surface area contributed by atoms with E-state index in [1.807, 2.05) is 13.8 Å². The summed E-state index contributed by atoms with van der Waals surface area (Å²) in [6.45, 7) is 4.40. The van der Waals surface area contributed by atoms with Gasteiger partial charge in [-0.2, -0.15) is 13.2 Å². The largest absolute Gasteiger partial charge is 0.417 e. The monoisotopic (exact) mass is 364 g/mol. The van der Waals surface area contributed by atoms with Crippen LogP contribution >= 0.6 is 0 Å². The molecule has 0 radical (unpaired) electrons. The summed E-state index contributed by atoms with van der Waals surface area (Å²) in [4.78, 5) is -0.666. The van der Waals surface area contributed by atoms with Gasteiger partial charge in [-0.1, -0.05) is 26.0 Å². The topological polar surface area (TPSA) is 52.6 Å². The van der Waals surface area contributed by atoms with Gasteiger partial charge in [-0.25, -0.2) is 8.42 Å². The molecule has 0 amide bonds. The number of benzene rings is 1. The Hall–Kier alpha value is -1.12. The maximum absolute atomic E-state index is 13.2. The van der Waals surface area contributed by atoms with E-state index in [9.17, 15) is 21.6 Å². The van der Waals surface area contributed by atoms with Crippen LogP contribution in [0.2, 0.25) is 0 Å². The summed E-state index contributed by atoms with van der Waals surface area (Å²) in [5.74, 6) is -1.57. The Morgan fingerprint density at radius 2 is 1.75 bits per heavy atom. The lowest BCUT2D eigenvalue weighted by molar-refractivity contribution is -0.255. The number of hydrogen-bond acceptors (Lipinski definition) is 4. The Labute approximate surface area is 138 Å². The van der Waals surface area contributed by atoms with Crippen LogP contribution in [0.25, 0.3) is 0 Å². The zero-order valence-electron chi connectivity index (χ0n) is 13.3. The molecule has 0 aromatic heterocycles. The van der Waals surface area contributed by atoms with Crippen LogP contribution in [0.4, 0.5) is 13.2 Å².